The summed E-state index contributed by atoms with van der Waals surface area (Å²) in [5, 5.41) is 3.29. The number of hydrogen-bond donors (Lipinski definition) is 0. The first-order valence-corrected chi connectivity index (χ1v) is 22.0. The van der Waals surface area contributed by atoms with E-state index in [1.807, 2.05) is 60.7 Å². The minimum Gasteiger partial charge on any atom is -0.288 e. The summed E-state index contributed by atoms with van der Waals surface area (Å²) < 4.78 is 0. The number of rotatable bonds is 7. The third kappa shape index (κ3) is 10.5. The Morgan fingerprint density at radius 3 is 0.786 bits per heavy atom. The highest BCUT2D eigenvalue weighted by Gasteiger charge is 2.34. The van der Waals surface area contributed by atoms with Crippen LogP contribution >= 0.6 is 16.4 Å². The Labute approximate surface area is 343 Å². The van der Waals surface area contributed by atoms with E-state index in [4.69, 9.17) is 0 Å². The maximum Gasteiger partial charge on any atom is 0.198 e. The van der Waals surface area contributed by atoms with Crippen LogP contribution in [0.3, 0.4) is 0 Å². The zero-order chi connectivity index (χ0) is 42.4. The molecular weight excluding hydrogens is 719 g/mol. The summed E-state index contributed by atoms with van der Waals surface area (Å²) in [7, 11) is 1.46. The van der Waals surface area contributed by atoms with Gasteiger partial charge in [-0.25, -0.2) is 0 Å². The molecule has 0 fully saturated rings. The molecule has 0 radical (unpaired) electrons. The van der Waals surface area contributed by atoms with Crippen LogP contribution in [0.25, 0.3) is 0 Å². The number of Topliss-reactive ketones (excluding diaryl/α,β-unsaturated/α-hetero) is 2. The van der Waals surface area contributed by atoms with E-state index in [0.717, 1.165) is 27.0 Å². The van der Waals surface area contributed by atoms with Gasteiger partial charge in [-0.3, -0.25) is 9.59 Å². The minimum atomic E-state index is -0.229. The van der Waals surface area contributed by atoms with E-state index in [2.05, 4.69) is 149 Å². The van der Waals surface area contributed by atoms with Crippen LogP contribution in [0.5, 0.6) is 0 Å². The molecule has 0 amide bonds. The lowest BCUT2D eigenvalue weighted by Crippen LogP contribution is -2.35. The van der Waals surface area contributed by atoms with Crippen LogP contribution in [0, 0.1) is 0 Å². The van der Waals surface area contributed by atoms with Gasteiger partial charge in [-0.05, 0) is 65.9 Å². The van der Waals surface area contributed by atoms with E-state index in [0.29, 0.717) is 21.7 Å². The Morgan fingerprint density at radius 1 is 0.357 bits per heavy atom. The van der Waals surface area contributed by atoms with Gasteiger partial charge in [0.25, 0.3) is 0 Å². The Morgan fingerprint density at radius 2 is 0.589 bits per heavy atom. The van der Waals surface area contributed by atoms with Crippen molar-refractivity contribution < 1.29 is 9.59 Å². The van der Waals surface area contributed by atoms with E-state index >= 15 is 9.59 Å². The van der Waals surface area contributed by atoms with Gasteiger partial charge in [-0.15, -0.1) is 0 Å². The van der Waals surface area contributed by atoms with Crippen molar-refractivity contribution in [3.05, 3.63) is 129 Å². The number of carbonyl (C=O) groups excluding carboxylic acids is 2. The van der Waals surface area contributed by atoms with Gasteiger partial charge in [-0.2, -0.15) is 0 Å². The highest BCUT2D eigenvalue weighted by molar-refractivity contribution is 7.65. The second-order valence-corrected chi connectivity index (χ2v) is 23.9. The highest BCUT2D eigenvalue weighted by Crippen LogP contribution is 2.38. The number of hydrogen-bond acceptors (Lipinski definition) is 2. The summed E-state index contributed by atoms with van der Waals surface area (Å²) >= 11 is 0. The van der Waals surface area contributed by atoms with Crippen LogP contribution < -0.4 is 10.6 Å². The molecule has 0 saturated heterocycles. The minimum absolute atomic E-state index is 0.0765. The average Bonchev–Trinajstić information content (AvgIpc) is 3.06. The van der Waals surface area contributed by atoms with Crippen LogP contribution in [0.1, 0.15) is 179 Å². The van der Waals surface area contributed by atoms with E-state index in [-0.39, 0.29) is 44.1 Å². The molecule has 0 atom stereocenters. The highest BCUT2D eigenvalue weighted by atomic mass is 31.1. The fraction of sp³-hybridized carbons (Fsp3) is 0.462. The molecule has 4 aromatic rings. The number of ketones is 2. The summed E-state index contributed by atoms with van der Waals surface area (Å²) in [5.74, 6) is -0.223. The van der Waals surface area contributed by atoms with Gasteiger partial charge >= 0.3 is 0 Å². The fourth-order valence-corrected chi connectivity index (χ4v) is 10.5. The van der Waals surface area contributed by atoms with Crippen LogP contribution in [-0.2, 0) is 32.5 Å². The van der Waals surface area contributed by atoms with Crippen molar-refractivity contribution in [2.24, 2.45) is 0 Å². The number of carbonyl (C=O) groups is 2. The van der Waals surface area contributed by atoms with Crippen molar-refractivity contribution in [3.8, 4) is 0 Å². The predicted octanol–water partition coefficient (Wildman–Crippen LogP) is 13.4. The zero-order valence-corrected chi connectivity index (χ0v) is 39.6. The maximum absolute atomic E-state index is 15.4. The van der Waals surface area contributed by atoms with Crippen LogP contribution in [0.4, 0.5) is 0 Å². The Balaban J connectivity index is 2.37. The molecule has 0 aliphatic heterocycles. The van der Waals surface area contributed by atoms with Gasteiger partial charge in [0, 0.05) is 21.7 Å². The third-order valence-corrected chi connectivity index (χ3v) is 13.2. The van der Waals surface area contributed by atoms with Crippen molar-refractivity contribution in [3.63, 3.8) is 0 Å². The molecule has 0 N–H and O–H groups in total. The molecule has 0 unspecified atom stereocenters. The molecular formula is C52H68O2P2. The molecule has 2 nitrogen and oxygen atoms in total. The number of benzene rings is 4. The van der Waals surface area contributed by atoms with Gasteiger partial charge < -0.3 is 0 Å². The molecule has 4 aromatic carbocycles. The first-order chi connectivity index (χ1) is 25.4. The lowest BCUT2D eigenvalue weighted by atomic mass is 9.75. The molecule has 56 heavy (non-hydrogen) atoms. The average molecular weight is 787 g/mol. The fourth-order valence-electron chi connectivity index (χ4n) is 6.76. The first-order valence-electron chi connectivity index (χ1n) is 20.2. The molecule has 298 valence electrons. The third-order valence-electron chi connectivity index (χ3n) is 10.4. The topological polar surface area (TPSA) is 34.1 Å². The van der Waals surface area contributed by atoms with Crippen molar-refractivity contribution in [2.45, 2.75) is 157 Å². The molecule has 4 rings (SSSR count). The second-order valence-electron chi connectivity index (χ2n) is 21.7. The Bertz CT molecular complexity index is 1910. The smallest absolute Gasteiger partial charge is 0.198 e. The van der Waals surface area contributed by atoms with E-state index in [1.54, 1.807) is 0 Å². The molecule has 0 aliphatic rings. The lowest BCUT2D eigenvalue weighted by molar-refractivity contribution is 0.105. The predicted molar refractivity (Wildman–Crippen MR) is 250 cm³/mol. The lowest BCUT2D eigenvalue weighted by Gasteiger charge is -2.33. The van der Waals surface area contributed by atoms with Gasteiger partial charge in [0.15, 0.2) is 11.6 Å². The van der Waals surface area contributed by atoms with Gasteiger partial charge in [0.1, 0.15) is 0 Å². The Kier molecular flexibility index (Phi) is 13.0. The van der Waals surface area contributed by atoms with E-state index in [9.17, 15) is 0 Å². The van der Waals surface area contributed by atoms with Gasteiger partial charge in [-0.1, -0.05) is 226 Å². The quantitative estimate of drug-likeness (QED) is 0.138. The summed E-state index contributed by atoms with van der Waals surface area (Å²) in [6.45, 7) is 40.8. The molecule has 0 aliphatic carbocycles. The molecule has 0 aromatic heterocycles. The first kappa shape index (κ1) is 45.3. The van der Waals surface area contributed by atoms with Gasteiger partial charge in [0.2, 0.25) is 0 Å². The normalized spacial score (nSPS) is 13.9. The van der Waals surface area contributed by atoms with Crippen LogP contribution in [0.15, 0.2) is 84.9 Å². The van der Waals surface area contributed by atoms with Crippen molar-refractivity contribution in [1.29, 1.82) is 0 Å². The molecule has 0 spiro atoms. The zero-order valence-electron chi connectivity index (χ0n) is 37.8. The van der Waals surface area contributed by atoms with E-state index < -0.39 is 0 Å². The molecule has 0 saturated carbocycles. The molecule has 0 bridgehead atoms. The van der Waals surface area contributed by atoms with Crippen LogP contribution in [-0.4, -0.2) is 22.2 Å². The summed E-state index contributed by atoms with van der Waals surface area (Å²) in [5.41, 5.74) is 7.47. The van der Waals surface area contributed by atoms with Crippen molar-refractivity contribution in [1.82, 2.24) is 0 Å². The van der Waals surface area contributed by atoms with E-state index in [1.165, 1.54) is 33.4 Å². The SMILES string of the molecule is CC(C)(C)c1cc(C(C)(C)C)c(P=C(C(=O)c2ccccc2)C(=Pc2c(C(C)(C)C)cc(C(C)(C)C)cc2C(C)(C)C)C(=O)c2ccccc2)c(C(C)(C)C)c1. The Hall–Kier alpha value is -3.44. The standard InChI is InChI=1S/C52H68O2P2/c1-47(2,3)35-29-37(49(7,8)9)43(38(30-35)50(10,11)12)55-45(41(53)33-25-21-19-22-26-33)46(42(54)34-27-23-20-24-28-34)56-44-39(51(13,14)15)31-36(48(4,5)6)32-40(44)52(16,17)18/h19-32H,1-18H3. The maximum atomic E-state index is 15.4. The monoisotopic (exact) mass is 786 g/mol. The van der Waals surface area contributed by atoms with Gasteiger partial charge in [0.05, 0.1) is 10.6 Å². The molecule has 4 heteroatoms. The van der Waals surface area contributed by atoms with Crippen LogP contribution in [0.2, 0.25) is 0 Å². The largest absolute Gasteiger partial charge is 0.288 e. The summed E-state index contributed by atoms with van der Waals surface area (Å²) in [4.78, 5) is 30.8. The van der Waals surface area contributed by atoms with Crippen molar-refractivity contribution in [2.75, 3.05) is 0 Å². The molecule has 0 heterocycles. The van der Waals surface area contributed by atoms with Crippen molar-refractivity contribution >= 4 is 49.2 Å². The second kappa shape index (κ2) is 16.1. The summed E-state index contributed by atoms with van der Waals surface area (Å²) in [6.07, 6.45) is 0. The summed E-state index contributed by atoms with van der Waals surface area (Å²) in [6, 6.07) is 28.5.